The van der Waals surface area contributed by atoms with Crippen LogP contribution in [0.25, 0.3) is 21.8 Å². The zero-order valence-electron chi connectivity index (χ0n) is 14.0. The quantitative estimate of drug-likeness (QED) is 0.462. The number of ether oxygens (including phenoxy) is 1. The topological polar surface area (TPSA) is 95.2 Å². The molecular weight excluding hydrogens is 358 g/mol. The molecule has 2 aromatic heterocycles. The summed E-state index contributed by atoms with van der Waals surface area (Å²) < 4.78 is 30.8. The van der Waals surface area contributed by atoms with Crippen molar-refractivity contribution >= 4 is 33.7 Å². The number of hydrogen-bond acceptors (Lipinski definition) is 3. The van der Waals surface area contributed by atoms with Crippen LogP contribution in [0.3, 0.4) is 0 Å². The molecule has 3 N–H and O–H groups in total. The van der Waals surface area contributed by atoms with E-state index in [0.29, 0.717) is 27.4 Å². The molecule has 0 aliphatic heterocycles. The Balaban J connectivity index is 0.000000156. The maximum absolute atomic E-state index is 13.2. The number of methoxy groups -OCH3 is 1. The van der Waals surface area contributed by atoms with Gasteiger partial charge in [0.05, 0.1) is 29.3 Å². The van der Waals surface area contributed by atoms with E-state index in [4.69, 9.17) is 5.11 Å². The molecule has 0 fully saturated rings. The zero-order valence-corrected chi connectivity index (χ0v) is 14.0. The van der Waals surface area contributed by atoms with Crippen molar-refractivity contribution in [2.45, 2.75) is 0 Å². The highest BCUT2D eigenvalue weighted by Gasteiger charge is 2.13. The van der Waals surface area contributed by atoms with Crippen LogP contribution in [0.4, 0.5) is 8.78 Å². The first-order valence-electron chi connectivity index (χ1n) is 7.76. The lowest BCUT2D eigenvalue weighted by molar-refractivity contribution is 0.0601. The van der Waals surface area contributed by atoms with Gasteiger partial charge in [-0.15, -0.1) is 0 Å². The lowest BCUT2D eigenvalue weighted by Gasteiger charge is -2.01. The molecule has 27 heavy (non-hydrogen) atoms. The van der Waals surface area contributed by atoms with Gasteiger partial charge in [-0.3, -0.25) is 0 Å². The smallest absolute Gasteiger partial charge is 0.339 e. The van der Waals surface area contributed by atoms with Gasteiger partial charge >= 0.3 is 11.9 Å². The van der Waals surface area contributed by atoms with Gasteiger partial charge in [-0.25, -0.2) is 18.4 Å². The van der Waals surface area contributed by atoms with Crippen molar-refractivity contribution in [3.63, 3.8) is 0 Å². The Morgan fingerprint density at radius 1 is 0.852 bits per heavy atom. The highest BCUT2D eigenvalue weighted by molar-refractivity contribution is 6.03. The minimum atomic E-state index is -1.06. The molecule has 0 bridgehead atoms. The predicted octanol–water partition coefficient (Wildman–Crippen LogP) is 4.10. The van der Waals surface area contributed by atoms with Crippen LogP contribution in [-0.2, 0) is 4.74 Å². The summed E-state index contributed by atoms with van der Waals surface area (Å²) in [4.78, 5) is 27.4. The number of benzene rings is 2. The zero-order chi connectivity index (χ0) is 19.6. The Kier molecular flexibility index (Phi) is 4.89. The van der Waals surface area contributed by atoms with Gasteiger partial charge < -0.3 is 19.8 Å². The number of esters is 1. The number of carboxylic acid groups (broad SMARTS) is 1. The first-order chi connectivity index (χ1) is 12.9. The van der Waals surface area contributed by atoms with Crippen molar-refractivity contribution in [2.24, 2.45) is 0 Å². The maximum Gasteiger partial charge on any atom is 0.339 e. The van der Waals surface area contributed by atoms with Crippen molar-refractivity contribution in [3.05, 3.63) is 71.6 Å². The molecule has 0 amide bonds. The number of hydrogen-bond donors (Lipinski definition) is 3. The van der Waals surface area contributed by atoms with E-state index in [9.17, 15) is 18.4 Å². The van der Waals surface area contributed by atoms with E-state index in [2.05, 4.69) is 14.7 Å². The van der Waals surface area contributed by atoms with Crippen molar-refractivity contribution in [1.29, 1.82) is 0 Å². The highest BCUT2D eigenvalue weighted by Crippen LogP contribution is 2.21. The molecular formula is C19H14F2N2O4. The summed E-state index contributed by atoms with van der Waals surface area (Å²) in [5.74, 6) is -2.31. The molecule has 2 heterocycles. The van der Waals surface area contributed by atoms with Crippen molar-refractivity contribution < 1.29 is 28.2 Å². The Hall–Kier alpha value is -3.68. The Labute approximate surface area is 151 Å². The number of nitrogens with one attached hydrogen (secondary N) is 2. The number of fused-ring (bicyclic) bond motifs is 2. The Morgan fingerprint density at radius 3 is 1.81 bits per heavy atom. The summed E-state index contributed by atoms with van der Waals surface area (Å²) in [6.45, 7) is 0. The molecule has 0 spiro atoms. The number of rotatable bonds is 2. The van der Waals surface area contributed by atoms with Gasteiger partial charge in [0.1, 0.15) is 11.6 Å². The molecule has 138 valence electrons. The highest BCUT2D eigenvalue weighted by atomic mass is 19.1. The SMILES string of the molecule is COC(=O)c1ccc(F)c2cc[nH]c12.O=C(O)c1ccc(F)c2cc[nH]c12. The van der Waals surface area contributed by atoms with Crippen LogP contribution in [-0.4, -0.2) is 34.1 Å². The van der Waals surface area contributed by atoms with E-state index >= 15 is 0 Å². The van der Waals surface area contributed by atoms with Crippen LogP contribution in [0.15, 0.2) is 48.8 Å². The fraction of sp³-hybridized carbons (Fsp3) is 0.0526. The third-order valence-electron chi connectivity index (χ3n) is 3.98. The fourth-order valence-corrected chi connectivity index (χ4v) is 2.70. The van der Waals surface area contributed by atoms with Gasteiger partial charge in [0.15, 0.2) is 0 Å². The third-order valence-corrected chi connectivity index (χ3v) is 3.98. The molecule has 4 aromatic rings. The van der Waals surface area contributed by atoms with E-state index in [0.717, 1.165) is 6.07 Å². The molecule has 0 aliphatic rings. The number of aromatic amines is 2. The average Bonchev–Trinajstić information content (AvgIpc) is 3.32. The molecule has 4 rings (SSSR count). The normalized spacial score (nSPS) is 10.5. The van der Waals surface area contributed by atoms with Crippen LogP contribution in [0.1, 0.15) is 20.7 Å². The molecule has 0 saturated heterocycles. The molecule has 0 unspecified atom stereocenters. The van der Waals surface area contributed by atoms with Gasteiger partial charge in [-0.05, 0) is 36.4 Å². The van der Waals surface area contributed by atoms with Crippen LogP contribution in [0, 0.1) is 11.6 Å². The summed E-state index contributed by atoms with van der Waals surface area (Å²) in [6, 6.07) is 8.15. The van der Waals surface area contributed by atoms with E-state index < -0.39 is 17.8 Å². The first kappa shape index (κ1) is 18.1. The molecule has 0 radical (unpaired) electrons. The van der Waals surface area contributed by atoms with Crippen LogP contribution < -0.4 is 0 Å². The number of carbonyl (C=O) groups is 2. The second-order valence-corrected chi connectivity index (χ2v) is 5.52. The van der Waals surface area contributed by atoms with Gasteiger partial charge in [-0.2, -0.15) is 0 Å². The maximum atomic E-state index is 13.2. The standard InChI is InChI=1S/C10H8FNO2.C9H6FNO2/c1-14-10(13)7-2-3-8(11)6-4-5-12-9(6)7;10-7-2-1-6(9(12)13)8-5(7)3-4-11-8/h2-5,12H,1H3;1-4,11H,(H,12,13). The summed E-state index contributed by atoms with van der Waals surface area (Å²) in [5, 5.41) is 9.45. The summed E-state index contributed by atoms with van der Waals surface area (Å²) in [5.41, 5.74) is 1.22. The number of aromatic nitrogens is 2. The first-order valence-corrected chi connectivity index (χ1v) is 7.76. The molecule has 0 aliphatic carbocycles. The Bertz CT molecular complexity index is 1150. The summed E-state index contributed by atoms with van der Waals surface area (Å²) in [6.07, 6.45) is 3.10. The van der Waals surface area contributed by atoms with Gasteiger partial charge in [0.2, 0.25) is 0 Å². The third kappa shape index (κ3) is 3.37. The minimum absolute atomic E-state index is 0.0846. The summed E-state index contributed by atoms with van der Waals surface area (Å²) >= 11 is 0. The van der Waals surface area contributed by atoms with Crippen molar-refractivity contribution in [2.75, 3.05) is 7.11 Å². The predicted molar refractivity (Wildman–Crippen MR) is 94.8 cm³/mol. The molecule has 0 saturated carbocycles. The van der Waals surface area contributed by atoms with E-state index in [1.807, 2.05) is 0 Å². The minimum Gasteiger partial charge on any atom is -0.478 e. The molecule has 2 aromatic carbocycles. The van der Waals surface area contributed by atoms with Crippen molar-refractivity contribution in [1.82, 2.24) is 9.97 Å². The van der Waals surface area contributed by atoms with Gasteiger partial charge in [-0.1, -0.05) is 0 Å². The van der Waals surface area contributed by atoms with Crippen molar-refractivity contribution in [3.8, 4) is 0 Å². The monoisotopic (exact) mass is 372 g/mol. The number of carboxylic acids is 1. The number of halogens is 2. The van der Waals surface area contributed by atoms with Crippen LogP contribution in [0.5, 0.6) is 0 Å². The fourth-order valence-electron chi connectivity index (χ4n) is 2.70. The summed E-state index contributed by atoms with van der Waals surface area (Å²) in [7, 11) is 1.29. The number of aromatic carboxylic acids is 1. The average molecular weight is 372 g/mol. The van der Waals surface area contributed by atoms with Crippen LogP contribution >= 0.6 is 0 Å². The number of H-pyrrole nitrogens is 2. The molecule has 6 nitrogen and oxygen atoms in total. The van der Waals surface area contributed by atoms with Crippen LogP contribution in [0.2, 0.25) is 0 Å². The van der Waals surface area contributed by atoms with Gasteiger partial charge in [0, 0.05) is 23.2 Å². The second-order valence-electron chi connectivity index (χ2n) is 5.52. The lowest BCUT2D eigenvalue weighted by Crippen LogP contribution is -2.02. The molecule has 8 heteroatoms. The lowest BCUT2D eigenvalue weighted by atomic mass is 10.1. The van der Waals surface area contributed by atoms with E-state index in [1.54, 1.807) is 12.3 Å². The van der Waals surface area contributed by atoms with Gasteiger partial charge in [0.25, 0.3) is 0 Å². The largest absolute Gasteiger partial charge is 0.478 e. The second kappa shape index (κ2) is 7.28. The molecule has 0 atom stereocenters. The van der Waals surface area contributed by atoms with E-state index in [-0.39, 0.29) is 11.4 Å². The Morgan fingerprint density at radius 2 is 1.33 bits per heavy atom. The number of carbonyl (C=O) groups excluding carboxylic acids is 1. The van der Waals surface area contributed by atoms with E-state index in [1.165, 1.54) is 37.6 Å².